The molecule has 1 amide bonds. The van der Waals surface area contributed by atoms with Gasteiger partial charge in [-0.25, -0.2) is 0 Å². The molecule has 0 radical (unpaired) electrons. The molecule has 128 valence electrons. The number of para-hydroxylation sites is 1. The molecular formula is C19H23ClN2O2. The summed E-state index contributed by atoms with van der Waals surface area (Å²) < 4.78 is 5.65. The first-order chi connectivity index (χ1) is 11.1. The van der Waals surface area contributed by atoms with Gasteiger partial charge >= 0.3 is 0 Å². The van der Waals surface area contributed by atoms with Crippen LogP contribution in [-0.4, -0.2) is 19.1 Å². The predicted octanol–water partition coefficient (Wildman–Crippen LogP) is 3.10. The third-order valence-electron chi connectivity index (χ3n) is 4.32. The number of carbonyl (C=O) groups is 1. The van der Waals surface area contributed by atoms with Crippen molar-refractivity contribution >= 4 is 18.3 Å². The summed E-state index contributed by atoms with van der Waals surface area (Å²) in [5.74, 6) is 1.05. The lowest BCUT2D eigenvalue weighted by molar-refractivity contribution is -0.122. The molecule has 2 unspecified atom stereocenters. The van der Waals surface area contributed by atoms with E-state index in [0.717, 1.165) is 28.9 Å². The smallest absolute Gasteiger partial charge is 0.241 e. The number of halogens is 1. The third-order valence-corrected chi connectivity index (χ3v) is 4.32. The summed E-state index contributed by atoms with van der Waals surface area (Å²) in [6, 6.07) is 15.1. The van der Waals surface area contributed by atoms with Crippen LogP contribution in [0.15, 0.2) is 48.5 Å². The van der Waals surface area contributed by atoms with Gasteiger partial charge in [-0.05, 0) is 30.5 Å². The first-order valence-electron chi connectivity index (χ1n) is 7.97. The second kappa shape index (κ2) is 8.18. The highest BCUT2D eigenvalue weighted by Gasteiger charge is 2.23. The van der Waals surface area contributed by atoms with Crippen LogP contribution < -0.4 is 15.8 Å². The van der Waals surface area contributed by atoms with Gasteiger partial charge in [-0.1, -0.05) is 48.0 Å². The molecule has 1 aliphatic heterocycles. The van der Waals surface area contributed by atoms with E-state index in [0.29, 0.717) is 13.2 Å². The molecule has 0 fully saturated rings. The van der Waals surface area contributed by atoms with E-state index in [9.17, 15) is 4.79 Å². The maximum absolute atomic E-state index is 12.3. The fourth-order valence-corrected chi connectivity index (χ4v) is 2.89. The van der Waals surface area contributed by atoms with Crippen molar-refractivity contribution in [1.29, 1.82) is 0 Å². The number of carbonyl (C=O) groups excluding carboxylic acids is 1. The molecule has 5 heteroatoms. The van der Waals surface area contributed by atoms with Crippen molar-refractivity contribution in [2.45, 2.75) is 25.3 Å². The Labute approximate surface area is 148 Å². The van der Waals surface area contributed by atoms with Crippen LogP contribution in [0, 0.1) is 6.92 Å². The van der Waals surface area contributed by atoms with E-state index in [4.69, 9.17) is 10.5 Å². The maximum Gasteiger partial charge on any atom is 0.241 e. The zero-order valence-electron chi connectivity index (χ0n) is 13.7. The van der Waals surface area contributed by atoms with E-state index in [1.807, 2.05) is 49.4 Å². The highest BCUT2D eigenvalue weighted by molar-refractivity contribution is 5.85. The minimum absolute atomic E-state index is 0. The predicted molar refractivity (Wildman–Crippen MR) is 97.7 cm³/mol. The van der Waals surface area contributed by atoms with Gasteiger partial charge in [-0.3, -0.25) is 4.79 Å². The first-order valence-corrected chi connectivity index (χ1v) is 7.97. The highest BCUT2D eigenvalue weighted by atomic mass is 35.5. The van der Waals surface area contributed by atoms with Gasteiger partial charge in [-0.15, -0.1) is 12.4 Å². The Morgan fingerprint density at radius 2 is 1.96 bits per heavy atom. The number of benzene rings is 2. The molecule has 4 nitrogen and oxygen atoms in total. The van der Waals surface area contributed by atoms with Crippen LogP contribution in [0.1, 0.15) is 35.1 Å². The van der Waals surface area contributed by atoms with E-state index in [2.05, 4.69) is 11.4 Å². The van der Waals surface area contributed by atoms with Gasteiger partial charge in [0, 0.05) is 12.5 Å². The molecule has 1 aliphatic rings. The second-order valence-electron chi connectivity index (χ2n) is 6.01. The SMILES string of the molecule is Cc1ccc(C(N)C(=O)NCC2CCOc3ccccc32)cc1.Cl. The van der Waals surface area contributed by atoms with Crippen molar-refractivity contribution < 1.29 is 9.53 Å². The van der Waals surface area contributed by atoms with Crippen molar-refractivity contribution in [3.63, 3.8) is 0 Å². The minimum atomic E-state index is -0.634. The first kappa shape index (κ1) is 18.3. The third kappa shape index (κ3) is 4.08. The van der Waals surface area contributed by atoms with Crippen LogP contribution in [0.5, 0.6) is 5.75 Å². The number of ether oxygens (including phenoxy) is 1. The normalized spacial score (nSPS) is 17.0. The fraction of sp³-hybridized carbons (Fsp3) is 0.316. The van der Waals surface area contributed by atoms with E-state index in [-0.39, 0.29) is 24.2 Å². The molecule has 2 aromatic carbocycles. The fourth-order valence-electron chi connectivity index (χ4n) is 2.89. The Kier molecular flexibility index (Phi) is 6.23. The number of nitrogens with two attached hydrogens (primary N) is 1. The molecule has 3 N–H and O–H groups in total. The van der Waals surface area contributed by atoms with E-state index in [1.54, 1.807) is 0 Å². The zero-order valence-corrected chi connectivity index (χ0v) is 14.5. The van der Waals surface area contributed by atoms with Crippen LogP contribution in [0.25, 0.3) is 0 Å². The summed E-state index contributed by atoms with van der Waals surface area (Å²) >= 11 is 0. The molecule has 0 saturated carbocycles. The van der Waals surface area contributed by atoms with E-state index in [1.165, 1.54) is 0 Å². The molecule has 2 aromatic rings. The van der Waals surface area contributed by atoms with Gasteiger partial charge in [-0.2, -0.15) is 0 Å². The molecule has 2 atom stereocenters. The largest absolute Gasteiger partial charge is 0.493 e. The molecule has 0 aliphatic carbocycles. The lowest BCUT2D eigenvalue weighted by atomic mass is 9.93. The van der Waals surface area contributed by atoms with Crippen molar-refractivity contribution in [3.8, 4) is 5.75 Å². The highest BCUT2D eigenvalue weighted by Crippen LogP contribution is 2.32. The van der Waals surface area contributed by atoms with Crippen molar-refractivity contribution in [3.05, 3.63) is 65.2 Å². The van der Waals surface area contributed by atoms with Gasteiger partial charge in [0.2, 0.25) is 5.91 Å². The monoisotopic (exact) mass is 346 g/mol. The van der Waals surface area contributed by atoms with Crippen LogP contribution in [0.3, 0.4) is 0 Å². The molecule has 1 heterocycles. The van der Waals surface area contributed by atoms with Gasteiger partial charge in [0.05, 0.1) is 6.61 Å². The molecule has 0 saturated heterocycles. The van der Waals surface area contributed by atoms with Gasteiger partial charge in [0.25, 0.3) is 0 Å². The Morgan fingerprint density at radius 1 is 1.25 bits per heavy atom. The summed E-state index contributed by atoms with van der Waals surface area (Å²) in [6.07, 6.45) is 0.900. The van der Waals surface area contributed by atoms with Crippen LogP contribution >= 0.6 is 12.4 Å². The van der Waals surface area contributed by atoms with E-state index >= 15 is 0 Å². The minimum Gasteiger partial charge on any atom is -0.493 e. The molecular weight excluding hydrogens is 324 g/mol. The van der Waals surface area contributed by atoms with Crippen molar-refractivity contribution in [2.24, 2.45) is 5.73 Å². The Balaban J connectivity index is 0.00000208. The Hall–Kier alpha value is -2.04. The summed E-state index contributed by atoms with van der Waals surface area (Å²) in [5, 5.41) is 2.99. The number of fused-ring (bicyclic) bond motifs is 1. The average molecular weight is 347 g/mol. The molecule has 24 heavy (non-hydrogen) atoms. The molecule has 3 rings (SSSR count). The van der Waals surface area contributed by atoms with Gasteiger partial charge < -0.3 is 15.8 Å². The van der Waals surface area contributed by atoms with Gasteiger partial charge in [0.15, 0.2) is 0 Å². The van der Waals surface area contributed by atoms with Crippen LogP contribution in [-0.2, 0) is 4.79 Å². The molecule has 0 aromatic heterocycles. The number of nitrogens with one attached hydrogen (secondary N) is 1. The lowest BCUT2D eigenvalue weighted by Gasteiger charge is -2.26. The van der Waals surface area contributed by atoms with Crippen molar-refractivity contribution in [2.75, 3.05) is 13.2 Å². The Morgan fingerprint density at radius 3 is 2.71 bits per heavy atom. The number of aryl methyl sites for hydroxylation is 1. The van der Waals surface area contributed by atoms with Crippen LogP contribution in [0.2, 0.25) is 0 Å². The average Bonchev–Trinajstić information content (AvgIpc) is 2.59. The molecule has 0 spiro atoms. The Bertz CT molecular complexity index is 688. The lowest BCUT2D eigenvalue weighted by Crippen LogP contribution is -2.37. The number of hydrogen-bond donors (Lipinski definition) is 2. The summed E-state index contributed by atoms with van der Waals surface area (Å²) in [6.45, 7) is 3.28. The number of rotatable bonds is 4. The maximum atomic E-state index is 12.3. The van der Waals surface area contributed by atoms with Crippen LogP contribution in [0.4, 0.5) is 0 Å². The zero-order chi connectivity index (χ0) is 16.2. The quantitative estimate of drug-likeness (QED) is 0.894. The topological polar surface area (TPSA) is 64.4 Å². The second-order valence-corrected chi connectivity index (χ2v) is 6.01. The molecule has 0 bridgehead atoms. The summed E-state index contributed by atoms with van der Waals surface area (Å²) in [4.78, 5) is 12.3. The summed E-state index contributed by atoms with van der Waals surface area (Å²) in [5.41, 5.74) is 9.20. The number of hydrogen-bond acceptors (Lipinski definition) is 3. The standard InChI is InChI=1S/C19H22N2O2.ClH/c1-13-6-8-14(9-7-13)18(20)19(22)21-12-15-10-11-23-17-5-3-2-4-16(15)17;/h2-9,15,18H,10-12,20H2,1H3,(H,21,22);1H. The number of amides is 1. The summed E-state index contributed by atoms with van der Waals surface area (Å²) in [7, 11) is 0. The van der Waals surface area contributed by atoms with Crippen molar-refractivity contribution in [1.82, 2.24) is 5.32 Å². The van der Waals surface area contributed by atoms with Gasteiger partial charge in [0.1, 0.15) is 11.8 Å². The van der Waals surface area contributed by atoms with E-state index < -0.39 is 6.04 Å².